The molecular formula is C13H16N2O2. The summed E-state index contributed by atoms with van der Waals surface area (Å²) in [7, 11) is 1.63. The Morgan fingerprint density at radius 1 is 1.59 bits per heavy atom. The molecule has 0 radical (unpaired) electrons. The highest BCUT2D eigenvalue weighted by Gasteiger charge is 2.42. The minimum absolute atomic E-state index is 0.112. The Balaban J connectivity index is 2.21. The molecule has 1 saturated heterocycles. The van der Waals surface area contributed by atoms with Crippen LogP contribution < -0.4 is 10.1 Å². The summed E-state index contributed by atoms with van der Waals surface area (Å²) in [5.74, 6) is 0.773. The van der Waals surface area contributed by atoms with Crippen LogP contribution >= 0.6 is 0 Å². The van der Waals surface area contributed by atoms with Crippen molar-refractivity contribution in [2.75, 3.05) is 19.0 Å². The Bertz CT molecular complexity index is 441. The first-order valence-electron chi connectivity index (χ1n) is 5.65. The van der Waals surface area contributed by atoms with E-state index >= 15 is 0 Å². The lowest BCUT2D eigenvalue weighted by atomic mass is 9.93. The molecule has 1 heterocycles. The van der Waals surface area contributed by atoms with Gasteiger partial charge in [0, 0.05) is 18.2 Å². The van der Waals surface area contributed by atoms with Crippen molar-refractivity contribution in [2.24, 2.45) is 0 Å². The second kappa shape index (κ2) is 4.64. The Hall–Kier alpha value is -1.73. The van der Waals surface area contributed by atoms with Crippen molar-refractivity contribution in [1.82, 2.24) is 0 Å². The number of hydrogen-bond acceptors (Lipinski definition) is 4. The molecule has 2 rings (SSSR count). The van der Waals surface area contributed by atoms with Gasteiger partial charge < -0.3 is 14.8 Å². The van der Waals surface area contributed by atoms with Gasteiger partial charge in [0.2, 0.25) is 0 Å². The van der Waals surface area contributed by atoms with E-state index in [4.69, 9.17) is 9.47 Å². The lowest BCUT2D eigenvalue weighted by Gasteiger charge is -2.27. The zero-order valence-electron chi connectivity index (χ0n) is 10.1. The Kier molecular flexibility index (Phi) is 3.21. The maximum absolute atomic E-state index is 9.35. The average molecular weight is 232 g/mol. The van der Waals surface area contributed by atoms with E-state index in [0.717, 1.165) is 11.4 Å². The topological polar surface area (TPSA) is 54.3 Å². The maximum atomic E-state index is 9.35. The minimum atomic E-state index is -0.633. The van der Waals surface area contributed by atoms with Gasteiger partial charge in [0.15, 0.2) is 5.54 Å². The number of nitrogens with zero attached hydrogens (tertiary/aromatic N) is 1. The van der Waals surface area contributed by atoms with Crippen molar-refractivity contribution in [1.29, 1.82) is 5.26 Å². The molecule has 0 amide bonds. The molecule has 0 aliphatic carbocycles. The molecule has 1 aliphatic rings. The molecule has 4 heteroatoms. The van der Waals surface area contributed by atoms with Crippen LogP contribution in [0.2, 0.25) is 0 Å². The third-order valence-corrected chi connectivity index (χ3v) is 3.19. The fourth-order valence-corrected chi connectivity index (χ4v) is 2.04. The normalized spacial score (nSPS) is 27.5. The van der Waals surface area contributed by atoms with Gasteiger partial charge in [-0.15, -0.1) is 0 Å². The molecule has 1 N–H and O–H groups in total. The SMILES string of the molecule is COc1cccc(NC2(C#N)CCOC2C)c1. The summed E-state index contributed by atoms with van der Waals surface area (Å²) in [6, 6.07) is 9.91. The van der Waals surface area contributed by atoms with Crippen LogP contribution in [0.4, 0.5) is 5.69 Å². The maximum Gasteiger partial charge on any atom is 0.153 e. The van der Waals surface area contributed by atoms with Gasteiger partial charge in [-0.1, -0.05) is 6.07 Å². The van der Waals surface area contributed by atoms with Gasteiger partial charge in [0.25, 0.3) is 0 Å². The van der Waals surface area contributed by atoms with E-state index in [-0.39, 0.29) is 6.10 Å². The second-order valence-electron chi connectivity index (χ2n) is 4.20. The lowest BCUT2D eigenvalue weighted by molar-refractivity contribution is 0.112. The summed E-state index contributed by atoms with van der Waals surface area (Å²) < 4.78 is 10.6. The van der Waals surface area contributed by atoms with Crippen molar-refractivity contribution in [2.45, 2.75) is 25.0 Å². The quantitative estimate of drug-likeness (QED) is 0.867. The van der Waals surface area contributed by atoms with Crippen molar-refractivity contribution in [3.63, 3.8) is 0 Å². The zero-order valence-corrected chi connectivity index (χ0v) is 10.1. The van der Waals surface area contributed by atoms with Gasteiger partial charge >= 0.3 is 0 Å². The first-order chi connectivity index (χ1) is 8.20. The highest BCUT2D eigenvalue weighted by atomic mass is 16.5. The van der Waals surface area contributed by atoms with Crippen LogP contribution in [0.3, 0.4) is 0 Å². The number of rotatable bonds is 3. The van der Waals surface area contributed by atoms with E-state index < -0.39 is 5.54 Å². The largest absolute Gasteiger partial charge is 0.497 e. The minimum Gasteiger partial charge on any atom is -0.497 e. The van der Waals surface area contributed by atoms with E-state index in [0.29, 0.717) is 13.0 Å². The van der Waals surface area contributed by atoms with Crippen molar-refractivity contribution in [3.8, 4) is 11.8 Å². The summed E-state index contributed by atoms with van der Waals surface area (Å²) >= 11 is 0. The molecular weight excluding hydrogens is 216 g/mol. The molecule has 17 heavy (non-hydrogen) atoms. The van der Waals surface area contributed by atoms with Crippen LogP contribution in [0.5, 0.6) is 5.75 Å². The molecule has 1 aliphatic heterocycles. The summed E-state index contributed by atoms with van der Waals surface area (Å²) in [4.78, 5) is 0. The summed E-state index contributed by atoms with van der Waals surface area (Å²) in [6.45, 7) is 2.54. The number of benzene rings is 1. The van der Waals surface area contributed by atoms with Gasteiger partial charge in [0.1, 0.15) is 5.75 Å². The standard InChI is InChI=1S/C13H16N2O2/c1-10-13(9-14,6-7-17-10)15-11-4-3-5-12(8-11)16-2/h3-5,8,10,15H,6-7H2,1-2H3. The molecule has 4 nitrogen and oxygen atoms in total. The average Bonchev–Trinajstić information content (AvgIpc) is 2.71. The fourth-order valence-electron chi connectivity index (χ4n) is 2.04. The monoisotopic (exact) mass is 232 g/mol. The summed E-state index contributed by atoms with van der Waals surface area (Å²) in [5, 5.41) is 12.6. The van der Waals surface area contributed by atoms with E-state index in [9.17, 15) is 5.26 Å². The summed E-state index contributed by atoms with van der Waals surface area (Å²) in [6.07, 6.45) is 0.584. The number of hydrogen-bond donors (Lipinski definition) is 1. The first kappa shape index (κ1) is 11.7. The van der Waals surface area contributed by atoms with Crippen molar-refractivity contribution in [3.05, 3.63) is 24.3 Å². The first-order valence-corrected chi connectivity index (χ1v) is 5.65. The predicted octanol–water partition coefficient (Wildman–Crippen LogP) is 2.18. The van der Waals surface area contributed by atoms with Crippen LogP contribution in [0, 0.1) is 11.3 Å². The van der Waals surface area contributed by atoms with Crippen LogP contribution in [0.25, 0.3) is 0 Å². The predicted molar refractivity (Wildman–Crippen MR) is 65.0 cm³/mol. The number of methoxy groups -OCH3 is 1. The van der Waals surface area contributed by atoms with Crippen LogP contribution in [-0.4, -0.2) is 25.4 Å². The molecule has 0 saturated carbocycles. The van der Waals surface area contributed by atoms with E-state index in [2.05, 4.69) is 11.4 Å². The zero-order chi connectivity index (χ0) is 12.3. The van der Waals surface area contributed by atoms with Crippen LogP contribution in [-0.2, 0) is 4.74 Å². The van der Waals surface area contributed by atoms with Crippen molar-refractivity contribution >= 4 is 5.69 Å². The molecule has 0 aromatic heterocycles. The number of anilines is 1. The Labute approximate surface area is 101 Å². The second-order valence-corrected chi connectivity index (χ2v) is 4.20. The molecule has 90 valence electrons. The van der Waals surface area contributed by atoms with E-state index in [1.807, 2.05) is 31.2 Å². The third-order valence-electron chi connectivity index (χ3n) is 3.19. The lowest BCUT2D eigenvalue weighted by Crippen LogP contribution is -2.43. The molecule has 0 spiro atoms. The Morgan fingerprint density at radius 2 is 2.41 bits per heavy atom. The van der Waals surface area contributed by atoms with Crippen LogP contribution in [0.15, 0.2) is 24.3 Å². The molecule has 1 aromatic carbocycles. The van der Waals surface area contributed by atoms with E-state index in [1.165, 1.54) is 0 Å². The molecule has 2 atom stereocenters. The van der Waals surface area contributed by atoms with Gasteiger partial charge in [-0.25, -0.2) is 0 Å². The van der Waals surface area contributed by atoms with Gasteiger partial charge in [0.05, 0.1) is 25.9 Å². The van der Waals surface area contributed by atoms with Gasteiger partial charge in [-0.3, -0.25) is 0 Å². The number of nitriles is 1. The highest BCUT2D eigenvalue weighted by Crippen LogP contribution is 2.30. The number of ether oxygens (including phenoxy) is 2. The molecule has 1 fully saturated rings. The van der Waals surface area contributed by atoms with Gasteiger partial charge in [-0.05, 0) is 19.1 Å². The van der Waals surface area contributed by atoms with E-state index in [1.54, 1.807) is 7.11 Å². The summed E-state index contributed by atoms with van der Waals surface area (Å²) in [5.41, 5.74) is 0.245. The Morgan fingerprint density at radius 3 is 3.00 bits per heavy atom. The fraction of sp³-hybridized carbons (Fsp3) is 0.462. The smallest absolute Gasteiger partial charge is 0.153 e. The van der Waals surface area contributed by atoms with Gasteiger partial charge in [-0.2, -0.15) is 5.26 Å². The van der Waals surface area contributed by atoms with Crippen molar-refractivity contribution < 1.29 is 9.47 Å². The third kappa shape index (κ3) is 2.20. The van der Waals surface area contributed by atoms with Crippen LogP contribution in [0.1, 0.15) is 13.3 Å². The molecule has 1 aromatic rings. The molecule has 0 bridgehead atoms. The number of nitrogens with one attached hydrogen (secondary N) is 1. The molecule has 2 unspecified atom stereocenters. The highest BCUT2D eigenvalue weighted by molar-refractivity contribution is 5.52.